The number of aliphatic carboxylic acids is 2. The van der Waals surface area contributed by atoms with Gasteiger partial charge in [0, 0.05) is 19.5 Å². The normalized spacial score (nSPS) is 19.7. The number of carbonyl (C=O) groups is 10. The van der Waals surface area contributed by atoms with Crippen molar-refractivity contribution >= 4 is 59.2 Å². The summed E-state index contributed by atoms with van der Waals surface area (Å²) in [6.07, 6.45) is 1.26. The zero-order valence-electron chi connectivity index (χ0n) is 38.3. The van der Waals surface area contributed by atoms with Gasteiger partial charge in [-0.2, -0.15) is 0 Å². The molecule has 0 spiro atoms. The van der Waals surface area contributed by atoms with Crippen LogP contribution in [0.25, 0.3) is 0 Å². The van der Waals surface area contributed by atoms with Crippen molar-refractivity contribution in [1.29, 1.82) is 0 Å². The summed E-state index contributed by atoms with van der Waals surface area (Å²) in [4.78, 5) is 133. The Kier molecular flexibility index (Phi) is 20.9. The van der Waals surface area contributed by atoms with Crippen LogP contribution >= 0.6 is 0 Å². The first-order chi connectivity index (χ1) is 29.3. The van der Waals surface area contributed by atoms with Gasteiger partial charge in [0.2, 0.25) is 47.3 Å². The lowest BCUT2D eigenvalue weighted by Gasteiger charge is -2.32. The van der Waals surface area contributed by atoms with Gasteiger partial charge in [0.25, 0.3) is 0 Å². The van der Waals surface area contributed by atoms with Gasteiger partial charge >= 0.3 is 11.9 Å². The molecule has 0 aromatic carbocycles. The predicted octanol–water partition coefficient (Wildman–Crippen LogP) is -0.792. The molecule has 2 heterocycles. The molecule has 0 aromatic heterocycles. The average molecular weight is 894 g/mol. The Bertz CT molecular complexity index is 1690. The lowest BCUT2D eigenvalue weighted by atomic mass is 9.99. The maximum Gasteiger partial charge on any atom is 0.326 e. The Morgan fingerprint density at radius 3 is 1.38 bits per heavy atom. The van der Waals surface area contributed by atoms with Crippen LogP contribution in [0.3, 0.4) is 0 Å². The van der Waals surface area contributed by atoms with Crippen molar-refractivity contribution in [3.8, 4) is 0 Å². The molecule has 0 unspecified atom stereocenters. The molecule has 8 amide bonds. The highest BCUT2D eigenvalue weighted by Crippen LogP contribution is 2.21. The van der Waals surface area contributed by atoms with E-state index in [9.17, 15) is 53.1 Å². The molecule has 21 nitrogen and oxygen atoms in total. The van der Waals surface area contributed by atoms with E-state index in [0.29, 0.717) is 19.3 Å². The van der Waals surface area contributed by atoms with Crippen LogP contribution in [0, 0.1) is 23.7 Å². The molecule has 0 aromatic rings. The van der Waals surface area contributed by atoms with Crippen LogP contribution in [-0.2, 0) is 47.9 Å². The number of carbonyl (C=O) groups excluding carboxylic acids is 8. The second-order valence-electron chi connectivity index (χ2n) is 18.1. The Labute approximate surface area is 369 Å². The maximum absolute atomic E-state index is 13.8. The Morgan fingerprint density at radius 2 is 0.968 bits per heavy atom. The fraction of sp³-hybridized carbons (Fsp3) is 0.762. The van der Waals surface area contributed by atoms with Gasteiger partial charge in [-0.3, -0.25) is 43.2 Å². The summed E-state index contributed by atoms with van der Waals surface area (Å²) in [5.74, 6) is -8.82. The molecule has 2 aliphatic rings. The van der Waals surface area contributed by atoms with Gasteiger partial charge in [-0.25, -0.2) is 4.79 Å². The highest BCUT2D eigenvalue weighted by Gasteiger charge is 2.41. The van der Waals surface area contributed by atoms with Crippen molar-refractivity contribution in [2.45, 2.75) is 169 Å². The van der Waals surface area contributed by atoms with Gasteiger partial charge < -0.3 is 57.6 Å². The van der Waals surface area contributed by atoms with Crippen LogP contribution in [0.1, 0.15) is 114 Å². The third-order valence-electron chi connectivity index (χ3n) is 11.2. The highest BCUT2D eigenvalue weighted by molar-refractivity contribution is 5.98. The fourth-order valence-corrected chi connectivity index (χ4v) is 7.56. The molecule has 2 saturated heterocycles. The molecule has 9 atom stereocenters. The summed E-state index contributed by atoms with van der Waals surface area (Å²) < 4.78 is 0. The number of carboxylic acids is 2. The van der Waals surface area contributed by atoms with Crippen molar-refractivity contribution in [1.82, 2.24) is 41.7 Å². The third kappa shape index (κ3) is 15.8. The highest BCUT2D eigenvalue weighted by atomic mass is 16.4. The molecular formula is C42H71N9O12. The summed E-state index contributed by atoms with van der Waals surface area (Å²) in [5.41, 5.74) is 5.84. The molecule has 2 fully saturated rings. The number of hydrogen-bond acceptors (Lipinski definition) is 11. The van der Waals surface area contributed by atoms with Crippen molar-refractivity contribution in [3.63, 3.8) is 0 Å². The topological polar surface area (TPSA) is 316 Å². The van der Waals surface area contributed by atoms with Crippen molar-refractivity contribution < 1.29 is 58.2 Å². The molecule has 21 heteroatoms. The summed E-state index contributed by atoms with van der Waals surface area (Å²) in [6.45, 7) is 17.0. The smallest absolute Gasteiger partial charge is 0.326 e. The van der Waals surface area contributed by atoms with E-state index in [1.807, 2.05) is 13.8 Å². The van der Waals surface area contributed by atoms with E-state index < -0.39 is 131 Å². The molecular weight excluding hydrogens is 823 g/mol. The van der Waals surface area contributed by atoms with Gasteiger partial charge in [0.15, 0.2) is 0 Å². The molecule has 63 heavy (non-hydrogen) atoms. The predicted molar refractivity (Wildman–Crippen MR) is 229 cm³/mol. The number of nitrogens with zero attached hydrogens (tertiary/aromatic N) is 2. The summed E-state index contributed by atoms with van der Waals surface area (Å²) in [5, 5.41) is 34.2. The van der Waals surface area contributed by atoms with Gasteiger partial charge in [0.1, 0.15) is 48.3 Å². The average Bonchev–Trinajstić information content (AvgIpc) is 3.89. The Morgan fingerprint density at radius 1 is 0.556 bits per heavy atom. The van der Waals surface area contributed by atoms with E-state index in [2.05, 4.69) is 31.9 Å². The summed E-state index contributed by atoms with van der Waals surface area (Å²) in [7, 11) is 0. The lowest BCUT2D eigenvalue weighted by molar-refractivity contribution is -0.145. The number of nitrogens with one attached hydrogen (secondary N) is 6. The molecule has 356 valence electrons. The minimum Gasteiger partial charge on any atom is -0.481 e. The first-order valence-corrected chi connectivity index (χ1v) is 21.9. The molecule has 2 aliphatic heterocycles. The molecule has 10 N–H and O–H groups in total. The van der Waals surface area contributed by atoms with Crippen molar-refractivity contribution in [2.24, 2.45) is 29.4 Å². The van der Waals surface area contributed by atoms with Crippen LogP contribution in [0.4, 0.5) is 0 Å². The summed E-state index contributed by atoms with van der Waals surface area (Å²) in [6, 6.07) is -9.83. The lowest BCUT2D eigenvalue weighted by Crippen LogP contribution is -2.61. The zero-order valence-corrected chi connectivity index (χ0v) is 38.3. The third-order valence-corrected chi connectivity index (χ3v) is 11.2. The Hall–Kier alpha value is -5.34. The molecule has 0 radical (unpaired) electrons. The van der Waals surface area contributed by atoms with Crippen LogP contribution in [-0.4, -0.2) is 147 Å². The van der Waals surface area contributed by atoms with Gasteiger partial charge in [0.05, 0.1) is 6.04 Å². The second-order valence-corrected chi connectivity index (χ2v) is 18.1. The molecule has 2 rings (SSSR count). The minimum absolute atomic E-state index is 0.0562. The van der Waals surface area contributed by atoms with E-state index in [1.54, 1.807) is 41.5 Å². The maximum atomic E-state index is 13.8. The number of carboxylic acid groups (broad SMARTS) is 2. The minimum atomic E-state index is -1.20. The van der Waals surface area contributed by atoms with Crippen molar-refractivity contribution in [3.05, 3.63) is 0 Å². The van der Waals surface area contributed by atoms with Crippen LogP contribution in [0.15, 0.2) is 0 Å². The molecule has 0 saturated carbocycles. The quantitative estimate of drug-likeness (QED) is 0.0608. The standard InChI is InChI=1S/C42H71N9O12/c1-20(2)19-27(46-34(54)26(43)15-16-30(52)53)35(55)44-24(9)40(60)50-17-11-13-28(50)36(56)47-32(22(5)6)39(59)48-31(21(3)4)38(58)45-25(10)41(61)51-18-12-14-29(51)37(57)49-33(23(7)8)42(62)63/h20-29,31-33H,11-19,43H2,1-10H3,(H,44,55)(H,45,58)(H,46,54)(H,47,56)(H,48,59)(H,49,57)(H,52,53)(H,62,63)/t24-,25-,26-,27-,28-,29-,31-,32-,33-/m0/s1. The van der Waals surface area contributed by atoms with Gasteiger partial charge in [-0.05, 0) is 76.0 Å². The number of likely N-dealkylation sites (tertiary alicyclic amines) is 2. The Balaban J connectivity index is 2.11. The molecule has 0 aliphatic carbocycles. The van der Waals surface area contributed by atoms with E-state index in [0.717, 1.165) is 0 Å². The summed E-state index contributed by atoms with van der Waals surface area (Å²) >= 11 is 0. The van der Waals surface area contributed by atoms with E-state index in [-0.39, 0.29) is 44.7 Å². The zero-order chi connectivity index (χ0) is 48.0. The van der Waals surface area contributed by atoms with Crippen LogP contribution < -0.4 is 37.6 Å². The van der Waals surface area contributed by atoms with E-state index in [4.69, 9.17) is 10.8 Å². The first kappa shape index (κ1) is 53.8. The largest absolute Gasteiger partial charge is 0.481 e. The van der Waals surface area contributed by atoms with Gasteiger partial charge in [-0.1, -0.05) is 55.4 Å². The number of hydrogen-bond donors (Lipinski definition) is 9. The monoisotopic (exact) mass is 894 g/mol. The van der Waals surface area contributed by atoms with Crippen molar-refractivity contribution in [2.75, 3.05) is 13.1 Å². The van der Waals surface area contributed by atoms with E-state index >= 15 is 0 Å². The van der Waals surface area contributed by atoms with Crippen LogP contribution in [0.5, 0.6) is 0 Å². The number of amides is 8. The first-order valence-electron chi connectivity index (χ1n) is 21.9. The second kappa shape index (κ2) is 24.5. The van der Waals surface area contributed by atoms with Crippen LogP contribution in [0.2, 0.25) is 0 Å². The number of rotatable bonds is 23. The van der Waals surface area contributed by atoms with E-state index in [1.165, 1.54) is 23.6 Å². The SMILES string of the molecule is CC(C)C[C@H](NC(=O)[C@@H](N)CCC(=O)O)C(=O)N[C@@H](C)C(=O)N1CCC[C@H]1C(=O)N[C@H](C(=O)N[C@H](C(=O)N[C@@H](C)C(=O)N1CCC[C@H]1C(=O)N[C@H](C(=O)O)C(C)C)C(C)C)C(C)C. The number of nitrogens with two attached hydrogens (primary N) is 1. The van der Waals surface area contributed by atoms with Gasteiger partial charge in [-0.15, -0.1) is 0 Å². The fourth-order valence-electron chi connectivity index (χ4n) is 7.56. The molecule has 0 bridgehead atoms.